The zero-order valence-electron chi connectivity index (χ0n) is 15.3. The SMILES string of the molecule is Cc1ccc(-c2ccc3oc4ccc(-c5c[c]ccc5)cc4c3c2)c(C)n1. The van der Waals surface area contributed by atoms with Crippen molar-refractivity contribution in [2.24, 2.45) is 0 Å². The van der Waals surface area contributed by atoms with Crippen LogP contribution in [0.5, 0.6) is 0 Å². The van der Waals surface area contributed by atoms with Crippen molar-refractivity contribution in [1.82, 2.24) is 4.98 Å². The molecule has 2 nitrogen and oxygen atoms in total. The van der Waals surface area contributed by atoms with Crippen LogP contribution in [-0.4, -0.2) is 4.98 Å². The third-order valence-electron chi connectivity index (χ3n) is 5.05. The fourth-order valence-electron chi connectivity index (χ4n) is 3.69. The molecule has 0 N–H and O–H groups in total. The van der Waals surface area contributed by atoms with E-state index in [0.717, 1.165) is 50.0 Å². The van der Waals surface area contributed by atoms with Gasteiger partial charge in [-0.15, -0.1) is 0 Å². The number of aryl methyl sites for hydroxylation is 2. The smallest absolute Gasteiger partial charge is 0.135 e. The number of rotatable bonds is 2. The summed E-state index contributed by atoms with van der Waals surface area (Å²) in [5.74, 6) is 0. The lowest BCUT2D eigenvalue weighted by Crippen LogP contribution is -1.89. The monoisotopic (exact) mass is 348 g/mol. The van der Waals surface area contributed by atoms with Crippen LogP contribution in [0.3, 0.4) is 0 Å². The normalized spacial score (nSPS) is 11.3. The largest absolute Gasteiger partial charge is 0.456 e. The maximum Gasteiger partial charge on any atom is 0.135 e. The highest BCUT2D eigenvalue weighted by molar-refractivity contribution is 6.07. The predicted molar refractivity (Wildman–Crippen MR) is 111 cm³/mol. The van der Waals surface area contributed by atoms with E-state index in [4.69, 9.17) is 4.42 Å². The zero-order chi connectivity index (χ0) is 18.4. The minimum atomic E-state index is 0.906. The summed E-state index contributed by atoms with van der Waals surface area (Å²) in [6.45, 7) is 4.08. The number of hydrogen-bond donors (Lipinski definition) is 0. The third-order valence-corrected chi connectivity index (χ3v) is 5.05. The Bertz CT molecular complexity index is 1280. The number of hydrogen-bond acceptors (Lipinski definition) is 2. The molecule has 0 aliphatic rings. The number of fused-ring (bicyclic) bond motifs is 3. The number of benzene rings is 3. The molecule has 2 heterocycles. The van der Waals surface area contributed by atoms with E-state index in [0.29, 0.717) is 0 Å². The molecule has 0 saturated heterocycles. The molecule has 2 aromatic heterocycles. The van der Waals surface area contributed by atoms with Gasteiger partial charge in [0.2, 0.25) is 0 Å². The highest BCUT2D eigenvalue weighted by Gasteiger charge is 2.11. The van der Waals surface area contributed by atoms with Crippen molar-refractivity contribution in [3.8, 4) is 22.3 Å². The van der Waals surface area contributed by atoms with Crippen LogP contribution in [0.2, 0.25) is 0 Å². The first-order valence-corrected chi connectivity index (χ1v) is 9.06. The van der Waals surface area contributed by atoms with Crippen molar-refractivity contribution >= 4 is 21.9 Å². The minimum Gasteiger partial charge on any atom is -0.456 e. The molecule has 0 amide bonds. The molecule has 0 bridgehead atoms. The molecule has 0 aliphatic heterocycles. The zero-order valence-corrected chi connectivity index (χ0v) is 15.3. The molecule has 0 saturated carbocycles. The van der Waals surface area contributed by atoms with Crippen molar-refractivity contribution in [3.63, 3.8) is 0 Å². The Kier molecular flexibility index (Phi) is 3.58. The topological polar surface area (TPSA) is 26.0 Å². The Labute approximate surface area is 158 Å². The second kappa shape index (κ2) is 6.10. The van der Waals surface area contributed by atoms with Crippen molar-refractivity contribution in [2.75, 3.05) is 0 Å². The highest BCUT2D eigenvalue weighted by Crippen LogP contribution is 2.35. The molecule has 1 radical (unpaired) electrons. The van der Waals surface area contributed by atoms with Gasteiger partial charge in [-0.1, -0.05) is 36.4 Å². The quantitative estimate of drug-likeness (QED) is 0.353. The van der Waals surface area contributed by atoms with Gasteiger partial charge in [0.05, 0.1) is 0 Å². The lowest BCUT2D eigenvalue weighted by atomic mass is 9.99. The Morgan fingerprint density at radius 2 is 1.52 bits per heavy atom. The van der Waals surface area contributed by atoms with Crippen molar-refractivity contribution in [1.29, 1.82) is 0 Å². The van der Waals surface area contributed by atoms with Gasteiger partial charge in [0.25, 0.3) is 0 Å². The van der Waals surface area contributed by atoms with Gasteiger partial charge in [-0.05, 0) is 73.0 Å². The van der Waals surface area contributed by atoms with E-state index < -0.39 is 0 Å². The summed E-state index contributed by atoms with van der Waals surface area (Å²) >= 11 is 0. The fraction of sp³-hybridized carbons (Fsp3) is 0.0800. The summed E-state index contributed by atoms with van der Waals surface area (Å²) in [4.78, 5) is 4.61. The molecule has 3 aromatic carbocycles. The molecule has 5 rings (SSSR count). The number of pyridine rings is 1. The summed E-state index contributed by atoms with van der Waals surface area (Å²) in [5.41, 5.74) is 8.54. The standard InChI is InChI=1S/C25H18NO/c1-16-8-11-21(17(2)26-16)20-10-13-25-23(15-20)22-14-19(9-12-24(22)27-25)18-6-4-3-5-7-18/h3-4,6-15H,1-2H3. The summed E-state index contributed by atoms with van der Waals surface area (Å²) < 4.78 is 6.06. The van der Waals surface area contributed by atoms with Gasteiger partial charge >= 0.3 is 0 Å². The summed E-state index contributed by atoms with van der Waals surface area (Å²) in [6.07, 6.45) is 0. The van der Waals surface area contributed by atoms with Crippen molar-refractivity contribution in [2.45, 2.75) is 13.8 Å². The van der Waals surface area contributed by atoms with Crippen LogP contribution in [0.1, 0.15) is 11.4 Å². The predicted octanol–water partition coefficient (Wildman–Crippen LogP) is 6.73. The van der Waals surface area contributed by atoms with Gasteiger partial charge in [-0.2, -0.15) is 0 Å². The van der Waals surface area contributed by atoms with Gasteiger partial charge in [-0.3, -0.25) is 4.98 Å². The Morgan fingerprint density at radius 3 is 2.22 bits per heavy atom. The van der Waals surface area contributed by atoms with E-state index in [2.05, 4.69) is 72.6 Å². The summed E-state index contributed by atoms with van der Waals surface area (Å²) in [6, 6.07) is 28.1. The first-order chi connectivity index (χ1) is 13.2. The lowest BCUT2D eigenvalue weighted by Gasteiger charge is -2.06. The van der Waals surface area contributed by atoms with Crippen LogP contribution in [-0.2, 0) is 0 Å². The van der Waals surface area contributed by atoms with Gasteiger partial charge in [-0.25, -0.2) is 0 Å². The molecule has 0 fully saturated rings. The summed E-state index contributed by atoms with van der Waals surface area (Å²) in [5, 5.41) is 2.26. The Morgan fingerprint density at radius 1 is 0.778 bits per heavy atom. The summed E-state index contributed by atoms with van der Waals surface area (Å²) in [7, 11) is 0. The van der Waals surface area contributed by atoms with E-state index in [9.17, 15) is 0 Å². The highest BCUT2D eigenvalue weighted by atomic mass is 16.3. The van der Waals surface area contributed by atoms with Gasteiger partial charge in [0, 0.05) is 27.7 Å². The second-order valence-electron chi connectivity index (χ2n) is 6.90. The first-order valence-electron chi connectivity index (χ1n) is 9.06. The maximum absolute atomic E-state index is 6.06. The van der Waals surface area contributed by atoms with Gasteiger partial charge < -0.3 is 4.42 Å². The third kappa shape index (κ3) is 2.70. The molecule has 5 aromatic rings. The fourth-order valence-corrected chi connectivity index (χ4v) is 3.69. The van der Waals surface area contributed by atoms with E-state index in [-0.39, 0.29) is 0 Å². The van der Waals surface area contributed by atoms with Crippen LogP contribution in [0.15, 0.2) is 77.2 Å². The van der Waals surface area contributed by atoms with Crippen LogP contribution in [0.25, 0.3) is 44.2 Å². The molecule has 0 spiro atoms. The van der Waals surface area contributed by atoms with E-state index in [1.54, 1.807) is 0 Å². The number of nitrogens with zero attached hydrogens (tertiary/aromatic N) is 1. The average Bonchev–Trinajstić information content (AvgIpc) is 3.06. The molecule has 0 aliphatic carbocycles. The van der Waals surface area contributed by atoms with E-state index in [1.165, 1.54) is 5.56 Å². The van der Waals surface area contributed by atoms with E-state index in [1.807, 2.05) is 25.1 Å². The number of aromatic nitrogens is 1. The van der Waals surface area contributed by atoms with E-state index >= 15 is 0 Å². The van der Waals surface area contributed by atoms with Crippen molar-refractivity contribution in [3.05, 3.63) is 90.3 Å². The Balaban J connectivity index is 1.72. The van der Waals surface area contributed by atoms with Gasteiger partial charge in [0.1, 0.15) is 11.2 Å². The van der Waals surface area contributed by atoms with Crippen LogP contribution in [0, 0.1) is 19.9 Å². The van der Waals surface area contributed by atoms with Crippen LogP contribution < -0.4 is 0 Å². The van der Waals surface area contributed by atoms with Crippen LogP contribution >= 0.6 is 0 Å². The van der Waals surface area contributed by atoms with Crippen molar-refractivity contribution < 1.29 is 4.42 Å². The molecular formula is C25H18NO. The molecule has 0 unspecified atom stereocenters. The molecular weight excluding hydrogens is 330 g/mol. The van der Waals surface area contributed by atoms with Gasteiger partial charge in [0.15, 0.2) is 0 Å². The number of furan rings is 1. The molecule has 2 heteroatoms. The minimum absolute atomic E-state index is 0.906. The first kappa shape index (κ1) is 15.8. The second-order valence-corrected chi connectivity index (χ2v) is 6.90. The average molecular weight is 348 g/mol. The molecule has 0 atom stereocenters. The Hall–Kier alpha value is -3.39. The maximum atomic E-state index is 6.06. The lowest BCUT2D eigenvalue weighted by molar-refractivity contribution is 0.669. The molecule has 129 valence electrons. The molecule has 27 heavy (non-hydrogen) atoms. The van der Waals surface area contributed by atoms with Crippen LogP contribution in [0.4, 0.5) is 0 Å².